The molecule has 5 nitrogen and oxygen atoms in total. The Morgan fingerprint density at radius 2 is 1.48 bits per heavy atom. The number of aryl methyl sites for hydroxylation is 1. The summed E-state index contributed by atoms with van der Waals surface area (Å²) in [6.45, 7) is 2.40. The topological polar surface area (TPSA) is 46.2 Å². The van der Waals surface area contributed by atoms with Gasteiger partial charge in [-0.05, 0) is 123 Å². The Kier molecular flexibility index (Phi) is 11.6. The molecule has 1 unspecified atom stereocenters. The van der Waals surface area contributed by atoms with Crippen molar-refractivity contribution in [1.29, 1.82) is 0 Å². The van der Waals surface area contributed by atoms with Gasteiger partial charge in [-0.3, -0.25) is 0 Å². The zero-order valence-electron chi connectivity index (χ0n) is 27.1. The Labute approximate surface area is 275 Å². The Hall–Kier alpha value is -1.77. The van der Waals surface area contributed by atoms with E-state index in [1.807, 2.05) is 6.07 Å². The molecule has 3 fully saturated rings. The highest BCUT2D eigenvalue weighted by atomic mass is 19.4. The number of unbranched alkanes of at least 4 members (excludes halogenated alkanes) is 1. The fraction of sp³-hybridized carbons (Fsp3) is 0.824. The molecule has 274 valence electrons. The third-order valence-corrected chi connectivity index (χ3v) is 11.0. The summed E-state index contributed by atoms with van der Waals surface area (Å²) in [5, 5.41) is 0. The molecular weight excluding hydrogens is 659 g/mol. The maximum absolute atomic E-state index is 13.1. The van der Waals surface area contributed by atoms with Crippen LogP contribution in [0.5, 0.6) is 5.75 Å². The van der Waals surface area contributed by atoms with Gasteiger partial charge in [-0.1, -0.05) is 13.0 Å². The molecule has 0 bridgehead atoms. The van der Waals surface area contributed by atoms with Crippen molar-refractivity contribution in [1.82, 2.24) is 0 Å². The quantitative estimate of drug-likeness (QED) is 0.151. The molecule has 3 aliphatic carbocycles. The van der Waals surface area contributed by atoms with Crippen LogP contribution in [0.1, 0.15) is 94.6 Å². The van der Waals surface area contributed by atoms with Crippen LogP contribution < -0.4 is 4.74 Å². The van der Waals surface area contributed by atoms with Crippen molar-refractivity contribution < 1.29 is 63.2 Å². The fourth-order valence-corrected chi connectivity index (χ4v) is 8.56. The fourth-order valence-electron chi connectivity index (χ4n) is 8.56. The number of benzene rings is 1. The Balaban J connectivity index is 1.09. The van der Waals surface area contributed by atoms with Crippen molar-refractivity contribution >= 4 is 0 Å². The maximum Gasteiger partial charge on any atom is 0.435 e. The van der Waals surface area contributed by atoms with Gasteiger partial charge in [-0.15, -0.1) is 0 Å². The van der Waals surface area contributed by atoms with E-state index in [0.717, 1.165) is 76.6 Å². The highest BCUT2D eigenvalue weighted by Gasteiger charge is 2.85. The number of ether oxygens (including phenoxy) is 5. The summed E-state index contributed by atoms with van der Waals surface area (Å²) in [5.74, 6) is 1.93. The predicted octanol–water partition coefficient (Wildman–Crippen LogP) is 9.46. The van der Waals surface area contributed by atoms with E-state index in [4.69, 9.17) is 18.9 Å². The van der Waals surface area contributed by atoms with Crippen molar-refractivity contribution in [3.8, 4) is 5.75 Å². The third-order valence-electron chi connectivity index (χ3n) is 11.0. The van der Waals surface area contributed by atoms with Gasteiger partial charge in [-0.25, -0.2) is 0 Å². The molecule has 4 aliphatic rings. The molecular formula is C34H45F9O5. The minimum absolute atomic E-state index is 0.0833. The molecule has 0 radical (unpaired) electrons. The second kappa shape index (κ2) is 14.8. The third kappa shape index (κ3) is 7.61. The van der Waals surface area contributed by atoms with E-state index in [2.05, 4.69) is 23.8 Å². The van der Waals surface area contributed by atoms with Crippen molar-refractivity contribution in [3.05, 3.63) is 29.3 Å². The molecule has 6 atom stereocenters. The van der Waals surface area contributed by atoms with Gasteiger partial charge in [0.15, 0.2) is 6.29 Å². The van der Waals surface area contributed by atoms with E-state index in [1.54, 1.807) is 0 Å². The predicted molar refractivity (Wildman–Crippen MR) is 157 cm³/mol. The van der Waals surface area contributed by atoms with E-state index >= 15 is 0 Å². The molecule has 0 aromatic heterocycles. The summed E-state index contributed by atoms with van der Waals surface area (Å²) in [6, 6.07) is 6.33. The molecule has 5 rings (SSSR count). The van der Waals surface area contributed by atoms with Crippen LogP contribution in [0, 0.1) is 17.3 Å². The average molecular weight is 705 g/mol. The molecule has 1 saturated heterocycles. The van der Waals surface area contributed by atoms with Crippen LogP contribution in [-0.2, 0) is 25.4 Å². The molecule has 0 amide bonds. The highest BCUT2D eigenvalue weighted by molar-refractivity contribution is 5.40. The largest absolute Gasteiger partial charge is 0.494 e. The number of halogens is 9. The van der Waals surface area contributed by atoms with E-state index in [-0.39, 0.29) is 24.4 Å². The Bertz CT molecular complexity index is 1160. The van der Waals surface area contributed by atoms with Crippen LogP contribution in [0.25, 0.3) is 0 Å². The lowest BCUT2D eigenvalue weighted by Gasteiger charge is -2.50. The first-order valence-electron chi connectivity index (χ1n) is 17.0. The van der Waals surface area contributed by atoms with Gasteiger partial charge < -0.3 is 23.7 Å². The summed E-state index contributed by atoms with van der Waals surface area (Å²) in [5.41, 5.74) is -3.89. The van der Waals surface area contributed by atoms with Gasteiger partial charge in [0.1, 0.15) is 5.75 Å². The number of alkyl halides is 9. The normalized spacial score (nSPS) is 29.7. The molecule has 0 N–H and O–H groups in total. The molecule has 48 heavy (non-hydrogen) atoms. The van der Waals surface area contributed by atoms with Crippen molar-refractivity contribution in [2.75, 3.05) is 33.0 Å². The number of rotatable bonds is 13. The van der Waals surface area contributed by atoms with E-state index in [1.165, 1.54) is 11.1 Å². The molecule has 1 heterocycles. The molecule has 1 aromatic carbocycles. The smallest absolute Gasteiger partial charge is 0.435 e. The first-order chi connectivity index (χ1) is 22.6. The molecule has 14 heteroatoms. The van der Waals surface area contributed by atoms with Crippen molar-refractivity contribution in [2.45, 2.75) is 126 Å². The number of fused-ring (bicyclic) bond motifs is 5. The van der Waals surface area contributed by atoms with Crippen LogP contribution in [0.4, 0.5) is 39.5 Å². The van der Waals surface area contributed by atoms with E-state index in [0.29, 0.717) is 37.4 Å². The minimum atomic E-state index is -6.73. The monoisotopic (exact) mass is 704 g/mol. The van der Waals surface area contributed by atoms with Gasteiger partial charge in [-0.2, -0.15) is 39.5 Å². The average Bonchev–Trinajstić information content (AvgIpc) is 3.35. The maximum atomic E-state index is 13.1. The van der Waals surface area contributed by atoms with Crippen molar-refractivity contribution in [2.24, 2.45) is 17.3 Å². The zero-order valence-corrected chi connectivity index (χ0v) is 27.1. The zero-order chi connectivity index (χ0) is 34.8. The number of hydrogen-bond acceptors (Lipinski definition) is 5. The lowest BCUT2D eigenvalue weighted by atomic mass is 9.55. The first-order valence-corrected chi connectivity index (χ1v) is 17.0. The molecule has 0 spiro atoms. The van der Waals surface area contributed by atoms with Gasteiger partial charge in [0.2, 0.25) is 0 Å². The summed E-state index contributed by atoms with van der Waals surface area (Å²) >= 11 is 0. The van der Waals surface area contributed by atoms with Gasteiger partial charge >= 0.3 is 24.1 Å². The van der Waals surface area contributed by atoms with Crippen LogP contribution in [0.2, 0.25) is 0 Å². The lowest BCUT2D eigenvalue weighted by Crippen LogP contribution is -2.67. The van der Waals surface area contributed by atoms with E-state index < -0.39 is 37.2 Å². The van der Waals surface area contributed by atoms with Crippen molar-refractivity contribution in [3.63, 3.8) is 0 Å². The Morgan fingerprint density at radius 3 is 2.17 bits per heavy atom. The molecule has 1 aromatic rings. The van der Waals surface area contributed by atoms with Gasteiger partial charge in [0.05, 0.1) is 19.3 Å². The minimum Gasteiger partial charge on any atom is -0.494 e. The summed E-state index contributed by atoms with van der Waals surface area (Å²) in [4.78, 5) is 0. The van der Waals surface area contributed by atoms with Gasteiger partial charge in [0.25, 0.3) is 0 Å². The van der Waals surface area contributed by atoms with Crippen LogP contribution in [-0.4, -0.2) is 69.6 Å². The van der Waals surface area contributed by atoms with E-state index in [9.17, 15) is 39.5 Å². The Morgan fingerprint density at radius 1 is 0.771 bits per heavy atom. The van der Waals surface area contributed by atoms with Crippen LogP contribution in [0.15, 0.2) is 18.2 Å². The SMILES string of the molecule is C[C@]12CC[C@@H]3c4ccc(OCCCCOC5CCCCO5)cc4CC[C@H]3[C@@H]1CC[C@@H]2OCCCOC(C(F)(F)F)(C(F)(F)F)C(F)(F)F. The number of hydrogen-bond donors (Lipinski definition) is 0. The van der Waals surface area contributed by atoms with Gasteiger partial charge in [0, 0.05) is 19.8 Å². The highest BCUT2D eigenvalue weighted by Crippen LogP contribution is 2.62. The summed E-state index contributed by atoms with van der Waals surface area (Å²) < 4.78 is 145. The summed E-state index contributed by atoms with van der Waals surface area (Å²) in [6.07, 6.45) is -11.0. The van der Waals surface area contributed by atoms with Crippen LogP contribution >= 0.6 is 0 Å². The molecule has 2 saturated carbocycles. The standard InChI is InChI=1S/C34H45F9O5/c1-30-15-14-25-24-11-9-23(44-16-4-5-18-47-29-7-2-3-17-46-29)21-22(24)8-10-26(25)27(30)12-13-28(30)45-19-6-20-48-31(32(35,36)37,33(38,39)40)34(41,42)43/h9,11,21,25-29H,2-8,10,12-20H2,1H3/t25-,26-,27+,28+,29?,30+/m1/s1. The lowest BCUT2D eigenvalue weighted by molar-refractivity contribution is -0.457. The second-order valence-corrected chi connectivity index (χ2v) is 13.9. The molecule has 1 aliphatic heterocycles. The van der Waals surface area contributed by atoms with Crippen LogP contribution in [0.3, 0.4) is 0 Å². The first kappa shape index (κ1) is 37.5. The summed E-state index contributed by atoms with van der Waals surface area (Å²) in [7, 11) is 0. The second-order valence-electron chi connectivity index (χ2n) is 13.9.